The van der Waals surface area contributed by atoms with Crippen LogP contribution in [0.2, 0.25) is 0 Å². The van der Waals surface area contributed by atoms with Crippen LogP contribution in [0.3, 0.4) is 0 Å². The molecule has 1 aromatic carbocycles. The van der Waals surface area contributed by atoms with Crippen LogP contribution < -0.4 is 5.32 Å². The third-order valence-electron chi connectivity index (χ3n) is 2.37. The normalized spacial score (nSPS) is 9.80. The SMILES string of the molecule is CCN(C)C(=O)Nc1cccc(O)c1C. The molecule has 4 heteroatoms. The van der Waals surface area contributed by atoms with Gasteiger partial charge < -0.3 is 15.3 Å². The van der Waals surface area contributed by atoms with Gasteiger partial charge in [-0.3, -0.25) is 0 Å². The molecule has 0 aliphatic rings. The van der Waals surface area contributed by atoms with E-state index in [1.54, 1.807) is 37.1 Å². The summed E-state index contributed by atoms with van der Waals surface area (Å²) in [5.41, 5.74) is 1.32. The largest absolute Gasteiger partial charge is 0.508 e. The number of carbonyl (C=O) groups excluding carboxylic acids is 1. The molecular weight excluding hydrogens is 192 g/mol. The first-order valence-corrected chi connectivity index (χ1v) is 4.87. The smallest absolute Gasteiger partial charge is 0.321 e. The van der Waals surface area contributed by atoms with Crippen molar-refractivity contribution in [3.8, 4) is 5.75 Å². The molecule has 0 heterocycles. The summed E-state index contributed by atoms with van der Waals surface area (Å²) in [5, 5.41) is 12.2. The van der Waals surface area contributed by atoms with E-state index in [4.69, 9.17) is 0 Å². The Labute approximate surface area is 89.5 Å². The van der Waals surface area contributed by atoms with E-state index < -0.39 is 0 Å². The van der Waals surface area contributed by atoms with Crippen LogP contribution in [0.1, 0.15) is 12.5 Å². The van der Waals surface area contributed by atoms with Crippen LogP contribution in [-0.4, -0.2) is 29.6 Å². The van der Waals surface area contributed by atoms with E-state index in [0.29, 0.717) is 17.8 Å². The van der Waals surface area contributed by atoms with Crippen LogP contribution in [0.5, 0.6) is 5.75 Å². The van der Waals surface area contributed by atoms with Crippen molar-refractivity contribution in [3.63, 3.8) is 0 Å². The van der Waals surface area contributed by atoms with Crippen LogP contribution in [0.15, 0.2) is 18.2 Å². The molecule has 4 nitrogen and oxygen atoms in total. The number of anilines is 1. The maximum atomic E-state index is 11.5. The second kappa shape index (κ2) is 4.68. The van der Waals surface area contributed by atoms with Gasteiger partial charge in [-0.15, -0.1) is 0 Å². The predicted octanol–water partition coefficient (Wildman–Crippen LogP) is 2.18. The second-order valence-corrected chi connectivity index (χ2v) is 3.39. The van der Waals surface area contributed by atoms with Crippen molar-refractivity contribution in [3.05, 3.63) is 23.8 Å². The predicted molar refractivity (Wildman–Crippen MR) is 60.2 cm³/mol. The minimum absolute atomic E-state index is 0.175. The summed E-state index contributed by atoms with van der Waals surface area (Å²) in [6.45, 7) is 4.30. The highest BCUT2D eigenvalue weighted by molar-refractivity contribution is 5.90. The molecule has 0 saturated carbocycles. The van der Waals surface area contributed by atoms with Gasteiger partial charge in [0.2, 0.25) is 0 Å². The third kappa shape index (κ3) is 2.62. The van der Waals surface area contributed by atoms with Crippen molar-refractivity contribution in [2.24, 2.45) is 0 Å². The fraction of sp³-hybridized carbons (Fsp3) is 0.364. The number of benzene rings is 1. The van der Waals surface area contributed by atoms with Crippen molar-refractivity contribution >= 4 is 11.7 Å². The van der Waals surface area contributed by atoms with Crippen LogP contribution in [-0.2, 0) is 0 Å². The van der Waals surface area contributed by atoms with Crippen LogP contribution in [0.4, 0.5) is 10.5 Å². The maximum absolute atomic E-state index is 11.5. The minimum atomic E-state index is -0.175. The monoisotopic (exact) mass is 208 g/mol. The van der Waals surface area contributed by atoms with Gasteiger partial charge in [0.1, 0.15) is 5.75 Å². The number of nitrogens with zero attached hydrogens (tertiary/aromatic N) is 1. The van der Waals surface area contributed by atoms with Crippen molar-refractivity contribution in [1.29, 1.82) is 0 Å². The number of phenolic OH excluding ortho intramolecular Hbond substituents is 1. The molecule has 0 spiro atoms. The molecule has 0 saturated heterocycles. The van der Waals surface area contributed by atoms with E-state index >= 15 is 0 Å². The minimum Gasteiger partial charge on any atom is -0.508 e. The summed E-state index contributed by atoms with van der Waals surface area (Å²) >= 11 is 0. The Balaban J connectivity index is 2.81. The van der Waals surface area contributed by atoms with Gasteiger partial charge >= 0.3 is 6.03 Å². The van der Waals surface area contributed by atoms with Gasteiger partial charge in [-0.25, -0.2) is 4.79 Å². The summed E-state index contributed by atoms with van der Waals surface area (Å²) in [7, 11) is 1.72. The molecule has 82 valence electrons. The Morgan fingerprint density at radius 1 is 1.53 bits per heavy atom. The summed E-state index contributed by atoms with van der Waals surface area (Å²) in [6, 6.07) is 4.88. The van der Waals surface area contributed by atoms with E-state index in [9.17, 15) is 9.90 Å². The van der Waals surface area contributed by atoms with Crippen LogP contribution in [0.25, 0.3) is 0 Å². The molecular formula is C11H16N2O2. The average Bonchev–Trinajstić information content (AvgIpc) is 2.23. The summed E-state index contributed by atoms with van der Waals surface area (Å²) in [6.07, 6.45) is 0. The van der Waals surface area contributed by atoms with E-state index in [1.165, 1.54) is 0 Å². The zero-order valence-corrected chi connectivity index (χ0v) is 9.24. The Morgan fingerprint density at radius 2 is 2.20 bits per heavy atom. The van der Waals surface area contributed by atoms with Gasteiger partial charge in [0.15, 0.2) is 0 Å². The lowest BCUT2D eigenvalue weighted by Crippen LogP contribution is -2.31. The highest BCUT2D eigenvalue weighted by Gasteiger charge is 2.09. The lowest BCUT2D eigenvalue weighted by atomic mass is 10.2. The van der Waals surface area contributed by atoms with Gasteiger partial charge in [-0.05, 0) is 26.0 Å². The number of hydrogen-bond donors (Lipinski definition) is 2. The number of carbonyl (C=O) groups is 1. The number of rotatable bonds is 2. The Bertz CT molecular complexity index is 364. The van der Waals surface area contributed by atoms with Gasteiger partial charge in [0, 0.05) is 24.8 Å². The van der Waals surface area contributed by atoms with E-state index in [1.807, 2.05) is 6.92 Å². The number of amides is 2. The number of nitrogens with one attached hydrogen (secondary N) is 1. The second-order valence-electron chi connectivity index (χ2n) is 3.39. The fourth-order valence-electron chi connectivity index (χ4n) is 1.11. The molecule has 0 aliphatic heterocycles. The molecule has 1 aromatic rings. The molecule has 1 rings (SSSR count). The number of urea groups is 1. The van der Waals surface area contributed by atoms with Crippen molar-refractivity contribution in [1.82, 2.24) is 4.90 Å². The standard InChI is InChI=1S/C11H16N2O2/c1-4-13(3)11(15)12-9-6-5-7-10(14)8(9)2/h5-7,14H,4H2,1-3H3,(H,12,15). The molecule has 2 N–H and O–H groups in total. The van der Waals surface area contributed by atoms with Gasteiger partial charge in [-0.2, -0.15) is 0 Å². The zero-order valence-electron chi connectivity index (χ0n) is 9.24. The Kier molecular flexibility index (Phi) is 3.55. The quantitative estimate of drug-likeness (QED) is 0.782. The summed E-state index contributed by atoms with van der Waals surface area (Å²) in [4.78, 5) is 13.1. The van der Waals surface area contributed by atoms with E-state index in [0.717, 1.165) is 0 Å². The highest BCUT2D eigenvalue weighted by atomic mass is 16.3. The number of aromatic hydroxyl groups is 1. The third-order valence-corrected chi connectivity index (χ3v) is 2.37. The lowest BCUT2D eigenvalue weighted by Gasteiger charge is -2.16. The highest BCUT2D eigenvalue weighted by Crippen LogP contribution is 2.23. The molecule has 0 radical (unpaired) electrons. The fourth-order valence-corrected chi connectivity index (χ4v) is 1.11. The zero-order chi connectivity index (χ0) is 11.4. The topological polar surface area (TPSA) is 52.6 Å². The van der Waals surface area contributed by atoms with E-state index in [-0.39, 0.29) is 11.8 Å². The Morgan fingerprint density at radius 3 is 2.80 bits per heavy atom. The maximum Gasteiger partial charge on any atom is 0.321 e. The molecule has 0 atom stereocenters. The molecule has 0 fully saturated rings. The molecule has 2 amide bonds. The van der Waals surface area contributed by atoms with Crippen LogP contribution in [0, 0.1) is 6.92 Å². The first-order chi connectivity index (χ1) is 7.06. The first kappa shape index (κ1) is 11.4. The lowest BCUT2D eigenvalue weighted by molar-refractivity contribution is 0.224. The van der Waals surface area contributed by atoms with Crippen molar-refractivity contribution in [2.75, 3.05) is 18.9 Å². The van der Waals surface area contributed by atoms with Gasteiger partial charge in [0.05, 0.1) is 0 Å². The number of hydrogen-bond acceptors (Lipinski definition) is 2. The molecule has 0 aliphatic carbocycles. The van der Waals surface area contributed by atoms with Crippen LogP contribution >= 0.6 is 0 Å². The molecule has 0 aromatic heterocycles. The molecule has 0 bridgehead atoms. The van der Waals surface area contributed by atoms with Gasteiger partial charge in [-0.1, -0.05) is 6.07 Å². The number of phenols is 1. The Hall–Kier alpha value is -1.71. The summed E-state index contributed by atoms with van der Waals surface area (Å²) < 4.78 is 0. The van der Waals surface area contributed by atoms with Crippen molar-refractivity contribution in [2.45, 2.75) is 13.8 Å². The molecule has 15 heavy (non-hydrogen) atoms. The van der Waals surface area contributed by atoms with Gasteiger partial charge in [0.25, 0.3) is 0 Å². The van der Waals surface area contributed by atoms with E-state index in [2.05, 4.69) is 5.32 Å². The molecule has 0 unspecified atom stereocenters. The van der Waals surface area contributed by atoms with Crippen molar-refractivity contribution < 1.29 is 9.90 Å². The first-order valence-electron chi connectivity index (χ1n) is 4.87. The average molecular weight is 208 g/mol. The summed E-state index contributed by atoms with van der Waals surface area (Å²) in [5.74, 6) is 0.187.